The highest BCUT2D eigenvalue weighted by atomic mass is 35.7. The fraction of sp³-hybridized carbons (Fsp3) is 0. The van der Waals surface area contributed by atoms with Gasteiger partial charge in [-0.3, -0.25) is 5.10 Å². The van der Waals surface area contributed by atoms with E-state index in [-0.39, 0.29) is 10.7 Å². The zero-order valence-corrected chi connectivity index (χ0v) is 6.28. The number of halogens is 1. The van der Waals surface area contributed by atoms with Crippen LogP contribution in [0, 0.1) is 0 Å². The first-order valence-corrected chi connectivity index (χ1v) is 4.56. The summed E-state index contributed by atoms with van der Waals surface area (Å²) in [5.41, 5.74) is 5.15. The Balaban J connectivity index is 3.32. The quantitative estimate of drug-likeness (QED) is 0.593. The number of aromatic nitrogens is 2. The van der Waals surface area contributed by atoms with E-state index in [1.54, 1.807) is 0 Å². The molecule has 0 aliphatic carbocycles. The van der Waals surface area contributed by atoms with Crippen LogP contribution in [0.2, 0.25) is 0 Å². The molecule has 56 valence electrons. The smallest absolute Gasteiger partial charge is 0.266 e. The number of nitrogens with two attached hydrogens (primary N) is 1. The highest BCUT2D eigenvalue weighted by Gasteiger charge is 2.14. The predicted molar refractivity (Wildman–Crippen MR) is 36.0 cm³/mol. The number of nitrogen functional groups attached to an aromatic ring is 1. The summed E-state index contributed by atoms with van der Waals surface area (Å²) in [6, 6.07) is 0. The van der Waals surface area contributed by atoms with Crippen LogP contribution in [0.25, 0.3) is 0 Å². The van der Waals surface area contributed by atoms with Gasteiger partial charge in [0.05, 0.1) is 6.20 Å². The van der Waals surface area contributed by atoms with Crippen molar-refractivity contribution in [2.24, 2.45) is 0 Å². The summed E-state index contributed by atoms with van der Waals surface area (Å²) in [7, 11) is 1.20. The molecule has 0 atom stereocenters. The maximum atomic E-state index is 10.5. The minimum atomic E-state index is -3.74. The second-order valence-corrected chi connectivity index (χ2v) is 4.12. The Bertz CT molecular complexity index is 329. The molecule has 0 spiro atoms. The Morgan fingerprint density at radius 2 is 2.30 bits per heavy atom. The average Bonchev–Trinajstić information content (AvgIpc) is 2.11. The van der Waals surface area contributed by atoms with Gasteiger partial charge >= 0.3 is 0 Å². The van der Waals surface area contributed by atoms with E-state index in [9.17, 15) is 8.42 Å². The van der Waals surface area contributed by atoms with Gasteiger partial charge in [0.15, 0.2) is 0 Å². The van der Waals surface area contributed by atoms with E-state index in [1.165, 1.54) is 0 Å². The zero-order valence-electron chi connectivity index (χ0n) is 4.70. The van der Waals surface area contributed by atoms with Gasteiger partial charge in [-0.25, -0.2) is 8.42 Å². The summed E-state index contributed by atoms with van der Waals surface area (Å²) in [5, 5.41) is 5.61. The number of rotatable bonds is 1. The van der Waals surface area contributed by atoms with Crippen molar-refractivity contribution in [3.63, 3.8) is 0 Å². The molecule has 1 heterocycles. The van der Waals surface area contributed by atoms with Crippen LogP contribution in [0.4, 0.5) is 5.82 Å². The van der Waals surface area contributed by atoms with Crippen molar-refractivity contribution in [3.05, 3.63) is 6.20 Å². The van der Waals surface area contributed by atoms with Crippen LogP contribution in [0.5, 0.6) is 0 Å². The van der Waals surface area contributed by atoms with E-state index in [4.69, 9.17) is 16.4 Å². The van der Waals surface area contributed by atoms with Crippen LogP contribution in [0.1, 0.15) is 0 Å². The summed E-state index contributed by atoms with van der Waals surface area (Å²) in [4.78, 5) is -0.186. The first-order chi connectivity index (χ1) is 4.52. The zero-order chi connectivity index (χ0) is 7.78. The number of anilines is 1. The summed E-state index contributed by atoms with van der Waals surface area (Å²) < 4.78 is 21.1. The molecule has 10 heavy (non-hydrogen) atoms. The van der Waals surface area contributed by atoms with E-state index in [1.807, 2.05) is 0 Å². The fourth-order valence-corrected chi connectivity index (χ4v) is 1.34. The van der Waals surface area contributed by atoms with Gasteiger partial charge < -0.3 is 5.73 Å². The van der Waals surface area contributed by atoms with Crippen molar-refractivity contribution in [3.8, 4) is 0 Å². The fourth-order valence-electron chi connectivity index (χ4n) is 0.479. The molecule has 0 fully saturated rings. The average molecular weight is 182 g/mol. The van der Waals surface area contributed by atoms with Crippen LogP contribution in [0.3, 0.4) is 0 Å². The monoisotopic (exact) mass is 181 g/mol. The van der Waals surface area contributed by atoms with Crippen LogP contribution in [0.15, 0.2) is 11.1 Å². The molecule has 0 aliphatic heterocycles. The van der Waals surface area contributed by atoms with E-state index in [0.29, 0.717) is 0 Å². The molecular formula is C3H4ClN3O2S. The van der Waals surface area contributed by atoms with Crippen molar-refractivity contribution in [1.82, 2.24) is 10.2 Å². The molecule has 0 aliphatic rings. The second kappa shape index (κ2) is 2.14. The lowest BCUT2D eigenvalue weighted by molar-refractivity contribution is 0.610. The highest BCUT2D eigenvalue weighted by Crippen LogP contribution is 2.18. The molecule has 1 aromatic heterocycles. The highest BCUT2D eigenvalue weighted by molar-refractivity contribution is 8.13. The van der Waals surface area contributed by atoms with E-state index in [0.717, 1.165) is 6.20 Å². The van der Waals surface area contributed by atoms with Crippen molar-refractivity contribution in [2.75, 3.05) is 5.73 Å². The predicted octanol–water partition coefficient (Wildman–Crippen LogP) is -0.0806. The van der Waals surface area contributed by atoms with Gasteiger partial charge in [0.25, 0.3) is 9.05 Å². The molecular weight excluding hydrogens is 178 g/mol. The lowest BCUT2D eigenvalue weighted by atomic mass is 10.7. The third-order valence-corrected chi connectivity index (χ3v) is 2.24. The van der Waals surface area contributed by atoms with E-state index < -0.39 is 9.05 Å². The molecule has 0 saturated heterocycles. The van der Waals surface area contributed by atoms with Crippen LogP contribution in [-0.2, 0) is 9.05 Å². The summed E-state index contributed by atoms with van der Waals surface area (Å²) >= 11 is 0. The molecule has 1 aromatic rings. The molecule has 1 rings (SSSR count). The third kappa shape index (κ3) is 1.22. The van der Waals surface area contributed by atoms with Gasteiger partial charge in [-0.05, 0) is 0 Å². The normalized spacial score (nSPS) is 11.7. The van der Waals surface area contributed by atoms with Gasteiger partial charge in [-0.2, -0.15) is 5.10 Å². The Labute approximate surface area is 61.6 Å². The third-order valence-electron chi connectivity index (χ3n) is 0.895. The Morgan fingerprint density at radius 3 is 2.50 bits per heavy atom. The van der Waals surface area contributed by atoms with Crippen LogP contribution in [-0.4, -0.2) is 18.6 Å². The Morgan fingerprint density at radius 1 is 1.70 bits per heavy atom. The molecule has 0 unspecified atom stereocenters. The number of nitrogens with zero attached hydrogens (tertiary/aromatic N) is 1. The van der Waals surface area contributed by atoms with Gasteiger partial charge in [0, 0.05) is 10.7 Å². The molecule has 5 nitrogen and oxygen atoms in total. The summed E-state index contributed by atoms with van der Waals surface area (Å²) in [5.74, 6) is -0.0463. The number of aromatic amines is 1. The molecule has 0 radical (unpaired) electrons. The topological polar surface area (TPSA) is 88.8 Å². The first kappa shape index (κ1) is 7.36. The number of hydrogen-bond donors (Lipinski definition) is 2. The van der Waals surface area contributed by atoms with Crippen LogP contribution < -0.4 is 5.73 Å². The van der Waals surface area contributed by atoms with Crippen molar-refractivity contribution >= 4 is 25.6 Å². The summed E-state index contributed by atoms with van der Waals surface area (Å²) in [6.07, 6.45) is 1.05. The molecule has 3 N–H and O–H groups in total. The van der Waals surface area contributed by atoms with Gasteiger partial charge in [0.2, 0.25) is 0 Å². The molecule has 0 saturated carbocycles. The number of H-pyrrole nitrogens is 1. The summed E-state index contributed by atoms with van der Waals surface area (Å²) in [6.45, 7) is 0. The number of nitrogens with one attached hydrogen (secondary N) is 1. The Hall–Kier alpha value is -0.750. The van der Waals surface area contributed by atoms with Crippen molar-refractivity contribution in [2.45, 2.75) is 4.90 Å². The molecule has 7 heteroatoms. The van der Waals surface area contributed by atoms with Crippen molar-refractivity contribution in [1.29, 1.82) is 0 Å². The first-order valence-electron chi connectivity index (χ1n) is 2.25. The lowest BCUT2D eigenvalue weighted by Crippen LogP contribution is -1.94. The lowest BCUT2D eigenvalue weighted by Gasteiger charge is -1.88. The number of hydrogen-bond acceptors (Lipinski definition) is 4. The van der Waals surface area contributed by atoms with E-state index >= 15 is 0 Å². The minimum absolute atomic E-state index is 0.0463. The van der Waals surface area contributed by atoms with Gasteiger partial charge in [0.1, 0.15) is 10.7 Å². The maximum absolute atomic E-state index is 10.5. The van der Waals surface area contributed by atoms with Gasteiger partial charge in [-0.1, -0.05) is 0 Å². The standard InChI is InChI=1S/C3H4ClN3O2S/c4-10(8,9)2-1-6-7-3(2)5/h1H,(H3,5,6,7). The minimum Gasteiger partial charge on any atom is -0.383 e. The largest absolute Gasteiger partial charge is 0.383 e. The SMILES string of the molecule is Nc1[nH]ncc1S(=O)(=O)Cl. The molecule has 0 amide bonds. The Kier molecular flexibility index (Phi) is 1.57. The van der Waals surface area contributed by atoms with E-state index in [2.05, 4.69) is 10.2 Å². The maximum Gasteiger partial charge on any atom is 0.266 e. The molecule has 0 bridgehead atoms. The molecule has 0 aromatic carbocycles. The van der Waals surface area contributed by atoms with Crippen LogP contribution >= 0.6 is 10.7 Å². The van der Waals surface area contributed by atoms with Crippen molar-refractivity contribution < 1.29 is 8.42 Å². The second-order valence-electron chi connectivity index (χ2n) is 1.59. The van der Waals surface area contributed by atoms with Gasteiger partial charge in [-0.15, -0.1) is 0 Å².